The molecule has 5 heteroatoms. The van der Waals surface area contributed by atoms with Gasteiger partial charge in [-0.2, -0.15) is 0 Å². The average molecular weight is 246 g/mol. The zero-order valence-corrected chi connectivity index (χ0v) is 9.86. The fourth-order valence-electron chi connectivity index (χ4n) is 0.866. The molecule has 0 N–H and O–H groups in total. The third kappa shape index (κ3) is 8.07. The minimum atomic E-state index is 0.285. The van der Waals surface area contributed by atoms with Gasteiger partial charge in [0.05, 0.1) is 26.9 Å². The molecule has 0 radical (unpaired) electrons. The lowest BCUT2D eigenvalue weighted by molar-refractivity contribution is 0.237. The van der Waals surface area contributed by atoms with Crippen molar-refractivity contribution in [2.75, 3.05) is 14.2 Å². The summed E-state index contributed by atoms with van der Waals surface area (Å²) in [6.45, 7) is 0. The Morgan fingerprint density at radius 2 is 1.29 bits per heavy atom. The minimum absolute atomic E-state index is 0.285. The second-order valence-electron chi connectivity index (χ2n) is 2.84. The molecule has 3 nitrogen and oxygen atoms in total. The first kappa shape index (κ1) is 15.2. The summed E-state index contributed by atoms with van der Waals surface area (Å²) in [4.78, 5) is 0. The summed E-state index contributed by atoms with van der Waals surface area (Å²) in [5, 5.41) is 0. The first-order chi connectivity index (χ1) is 8.28. The average Bonchev–Trinajstić information content (AvgIpc) is 2.37. The standard InChI is InChI=1S/C12H16F2O3/c1-15-11(5-3-7-13)9-17-10-12(16-2)6-4-8-14/h3-4,7-10H,5-6H2,1-2H3. The third-order valence-corrected chi connectivity index (χ3v) is 1.74. The summed E-state index contributed by atoms with van der Waals surface area (Å²) in [7, 11) is 2.90. The van der Waals surface area contributed by atoms with Gasteiger partial charge in [-0.15, -0.1) is 0 Å². The van der Waals surface area contributed by atoms with E-state index in [0.29, 0.717) is 24.2 Å². The maximum Gasteiger partial charge on any atom is 0.134 e. The molecule has 0 aromatic heterocycles. The van der Waals surface area contributed by atoms with Crippen LogP contribution < -0.4 is 0 Å². The van der Waals surface area contributed by atoms with Crippen molar-refractivity contribution in [3.8, 4) is 0 Å². The van der Waals surface area contributed by atoms with Gasteiger partial charge in [-0.05, 0) is 12.2 Å². The molecule has 0 saturated heterocycles. The quantitative estimate of drug-likeness (QED) is 0.611. The second-order valence-corrected chi connectivity index (χ2v) is 2.84. The third-order valence-electron chi connectivity index (χ3n) is 1.74. The number of halogens is 2. The van der Waals surface area contributed by atoms with Crippen molar-refractivity contribution >= 4 is 0 Å². The molecule has 0 atom stereocenters. The van der Waals surface area contributed by atoms with E-state index in [1.807, 2.05) is 0 Å². The maximum absolute atomic E-state index is 11.8. The number of hydrogen-bond acceptors (Lipinski definition) is 3. The molecule has 0 aliphatic rings. The van der Waals surface area contributed by atoms with Gasteiger partial charge in [0, 0.05) is 12.8 Å². The molecule has 0 fully saturated rings. The Morgan fingerprint density at radius 1 is 0.882 bits per heavy atom. The maximum atomic E-state index is 11.8. The highest BCUT2D eigenvalue weighted by atomic mass is 19.1. The zero-order chi connectivity index (χ0) is 12.9. The largest absolute Gasteiger partial charge is 0.498 e. The van der Waals surface area contributed by atoms with E-state index in [4.69, 9.17) is 14.2 Å². The van der Waals surface area contributed by atoms with Gasteiger partial charge in [0.1, 0.15) is 24.0 Å². The van der Waals surface area contributed by atoms with Crippen molar-refractivity contribution < 1.29 is 23.0 Å². The second kappa shape index (κ2) is 10.7. The molecule has 0 bridgehead atoms. The highest BCUT2D eigenvalue weighted by Gasteiger charge is 1.95. The van der Waals surface area contributed by atoms with Gasteiger partial charge in [0.15, 0.2) is 0 Å². The normalized spacial score (nSPS) is 13.4. The van der Waals surface area contributed by atoms with Crippen molar-refractivity contribution in [3.63, 3.8) is 0 Å². The van der Waals surface area contributed by atoms with E-state index >= 15 is 0 Å². The first-order valence-electron chi connectivity index (χ1n) is 4.90. The van der Waals surface area contributed by atoms with E-state index in [1.54, 1.807) is 0 Å². The van der Waals surface area contributed by atoms with Crippen LogP contribution in [0.5, 0.6) is 0 Å². The van der Waals surface area contributed by atoms with Crippen molar-refractivity contribution in [1.29, 1.82) is 0 Å². The van der Waals surface area contributed by atoms with Crippen LogP contribution in [0.25, 0.3) is 0 Å². The lowest BCUT2D eigenvalue weighted by Crippen LogP contribution is -1.88. The fraction of sp³-hybridized carbons (Fsp3) is 0.333. The summed E-state index contributed by atoms with van der Waals surface area (Å²) in [5.74, 6) is 0.901. The Bertz CT molecular complexity index is 277. The molecule has 0 aliphatic heterocycles. The van der Waals surface area contributed by atoms with Crippen LogP contribution in [0.2, 0.25) is 0 Å². The molecule has 0 saturated carbocycles. The van der Waals surface area contributed by atoms with E-state index in [2.05, 4.69) is 0 Å². The number of methoxy groups -OCH3 is 2. The Morgan fingerprint density at radius 3 is 1.59 bits per heavy atom. The Hall–Kier alpha value is -1.78. The first-order valence-corrected chi connectivity index (χ1v) is 4.90. The lowest BCUT2D eigenvalue weighted by atomic mass is 10.3. The number of allylic oxidation sites excluding steroid dienone is 2. The van der Waals surface area contributed by atoms with Gasteiger partial charge >= 0.3 is 0 Å². The van der Waals surface area contributed by atoms with Gasteiger partial charge < -0.3 is 14.2 Å². The summed E-state index contributed by atoms with van der Waals surface area (Å²) in [6, 6.07) is 0. The summed E-state index contributed by atoms with van der Waals surface area (Å²) >= 11 is 0. The van der Waals surface area contributed by atoms with Gasteiger partial charge in [-0.25, -0.2) is 8.78 Å². The van der Waals surface area contributed by atoms with Crippen LogP contribution in [0.1, 0.15) is 12.8 Å². The van der Waals surface area contributed by atoms with Crippen molar-refractivity contribution in [2.45, 2.75) is 12.8 Å². The molecule has 0 spiro atoms. The van der Waals surface area contributed by atoms with E-state index in [1.165, 1.54) is 38.9 Å². The van der Waals surface area contributed by atoms with E-state index in [0.717, 1.165) is 0 Å². The molecule has 17 heavy (non-hydrogen) atoms. The molecule has 0 aromatic rings. The zero-order valence-electron chi connectivity index (χ0n) is 9.86. The van der Waals surface area contributed by atoms with Crippen LogP contribution in [0.4, 0.5) is 8.78 Å². The molecule has 0 unspecified atom stereocenters. The number of ether oxygens (including phenoxy) is 3. The van der Waals surface area contributed by atoms with Crippen LogP contribution in [0.3, 0.4) is 0 Å². The van der Waals surface area contributed by atoms with Crippen LogP contribution in [0.15, 0.2) is 48.9 Å². The van der Waals surface area contributed by atoms with Gasteiger partial charge in [0.25, 0.3) is 0 Å². The SMILES string of the molecule is COC(=COC=C(CC=CF)OC)CC=CF. The smallest absolute Gasteiger partial charge is 0.134 e. The molecule has 0 amide bonds. The predicted octanol–water partition coefficient (Wildman–Crippen LogP) is 3.73. The Labute approximate surface area is 99.7 Å². The van der Waals surface area contributed by atoms with E-state index in [9.17, 15) is 8.78 Å². The highest BCUT2D eigenvalue weighted by Crippen LogP contribution is 2.07. The molecule has 0 rings (SSSR count). The van der Waals surface area contributed by atoms with Gasteiger partial charge in [-0.3, -0.25) is 0 Å². The topological polar surface area (TPSA) is 27.7 Å². The fourth-order valence-corrected chi connectivity index (χ4v) is 0.866. The van der Waals surface area contributed by atoms with Crippen LogP contribution in [0, 0.1) is 0 Å². The van der Waals surface area contributed by atoms with Crippen LogP contribution in [-0.2, 0) is 14.2 Å². The predicted molar refractivity (Wildman–Crippen MR) is 61.0 cm³/mol. The highest BCUT2D eigenvalue weighted by molar-refractivity contribution is 4.99. The Balaban J connectivity index is 4.29. The summed E-state index contributed by atoms with van der Waals surface area (Å²) in [5.41, 5.74) is 0. The van der Waals surface area contributed by atoms with E-state index < -0.39 is 0 Å². The number of hydrogen-bond donors (Lipinski definition) is 0. The molecule has 0 aliphatic carbocycles. The van der Waals surface area contributed by atoms with Crippen molar-refractivity contribution in [2.24, 2.45) is 0 Å². The molecule has 0 heterocycles. The van der Waals surface area contributed by atoms with E-state index in [-0.39, 0.29) is 12.8 Å². The molecular formula is C12H16F2O3. The minimum Gasteiger partial charge on any atom is -0.498 e. The van der Waals surface area contributed by atoms with Gasteiger partial charge in [-0.1, -0.05) is 0 Å². The molecular weight excluding hydrogens is 230 g/mol. The van der Waals surface area contributed by atoms with Gasteiger partial charge in [0.2, 0.25) is 0 Å². The van der Waals surface area contributed by atoms with Crippen LogP contribution >= 0.6 is 0 Å². The number of rotatable bonds is 8. The summed E-state index contributed by atoms with van der Waals surface area (Å²) in [6.07, 6.45) is 6.62. The summed E-state index contributed by atoms with van der Waals surface area (Å²) < 4.78 is 38.4. The Kier molecular flexibility index (Phi) is 9.61. The van der Waals surface area contributed by atoms with Crippen molar-refractivity contribution in [1.82, 2.24) is 0 Å². The monoisotopic (exact) mass is 246 g/mol. The molecule has 0 aromatic carbocycles. The van der Waals surface area contributed by atoms with Crippen molar-refractivity contribution in [3.05, 3.63) is 48.9 Å². The van der Waals surface area contributed by atoms with Crippen LogP contribution in [-0.4, -0.2) is 14.2 Å². The molecule has 96 valence electrons. The lowest BCUT2D eigenvalue weighted by Gasteiger charge is -2.04.